The summed E-state index contributed by atoms with van der Waals surface area (Å²) in [6, 6.07) is 0. The number of carboxylic acids is 1. The number of hydrogen-bond acceptors (Lipinski definition) is 3. The van der Waals surface area contributed by atoms with Crippen LogP contribution in [0.1, 0.15) is 27.7 Å². The van der Waals surface area contributed by atoms with Crippen LogP contribution in [-0.2, 0) is 9.59 Å². The van der Waals surface area contributed by atoms with E-state index in [0.717, 1.165) is 0 Å². The zero-order valence-electron chi connectivity index (χ0n) is 10.3. The van der Waals surface area contributed by atoms with Gasteiger partial charge in [0.25, 0.3) is 0 Å². The van der Waals surface area contributed by atoms with Crippen LogP contribution >= 0.6 is 11.8 Å². The summed E-state index contributed by atoms with van der Waals surface area (Å²) in [7, 11) is 0. The smallest absolute Gasteiger partial charge is 0.316 e. The molecule has 0 aromatic carbocycles. The monoisotopic (exact) mass is 247 g/mol. The lowest BCUT2D eigenvalue weighted by molar-refractivity contribution is -0.137. The standard InChI is InChI=1S/C11H21NO3S/c1-7(2)5-12-9(13)6-16-10(8(3)4)11(14)15/h7-8,10H,5-6H2,1-4H3,(H,12,13)(H,14,15). The molecule has 0 bridgehead atoms. The minimum absolute atomic E-state index is 0.0281. The number of carbonyl (C=O) groups is 2. The van der Waals surface area contributed by atoms with E-state index in [4.69, 9.17) is 5.11 Å². The predicted molar refractivity (Wildman–Crippen MR) is 66.6 cm³/mol. The maximum atomic E-state index is 11.4. The van der Waals surface area contributed by atoms with Gasteiger partial charge in [-0.25, -0.2) is 0 Å². The molecule has 0 heterocycles. The number of thioether (sulfide) groups is 1. The van der Waals surface area contributed by atoms with Gasteiger partial charge >= 0.3 is 5.97 Å². The van der Waals surface area contributed by atoms with Crippen LogP contribution in [0.3, 0.4) is 0 Å². The van der Waals surface area contributed by atoms with Crippen molar-refractivity contribution in [2.75, 3.05) is 12.3 Å². The van der Waals surface area contributed by atoms with Gasteiger partial charge in [0.05, 0.1) is 5.75 Å². The highest BCUT2D eigenvalue weighted by atomic mass is 32.2. The van der Waals surface area contributed by atoms with Crippen molar-refractivity contribution >= 4 is 23.6 Å². The van der Waals surface area contributed by atoms with E-state index in [1.54, 1.807) is 0 Å². The van der Waals surface area contributed by atoms with Crippen molar-refractivity contribution in [2.45, 2.75) is 32.9 Å². The largest absolute Gasteiger partial charge is 0.480 e. The van der Waals surface area contributed by atoms with E-state index in [1.165, 1.54) is 11.8 Å². The van der Waals surface area contributed by atoms with Crippen LogP contribution in [0.25, 0.3) is 0 Å². The topological polar surface area (TPSA) is 66.4 Å². The van der Waals surface area contributed by atoms with Crippen LogP contribution in [0.2, 0.25) is 0 Å². The highest BCUT2D eigenvalue weighted by molar-refractivity contribution is 8.01. The summed E-state index contributed by atoms with van der Waals surface area (Å²) in [5.74, 6) is -0.293. The van der Waals surface area contributed by atoms with Gasteiger partial charge in [0.15, 0.2) is 0 Å². The van der Waals surface area contributed by atoms with E-state index in [0.29, 0.717) is 12.5 Å². The van der Waals surface area contributed by atoms with Gasteiger partial charge in [-0.05, 0) is 11.8 Å². The first-order valence-electron chi connectivity index (χ1n) is 5.45. The number of carboxylic acid groups (broad SMARTS) is 1. The summed E-state index contributed by atoms with van der Waals surface area (Å²) in [5, 5.41) is 11.2. The molecule has 0 saturated carbocycles. The van der Waals surface area contributed by atoms with E-state index in [2.05, 4.69) is 5.32 Å². The molecule has 1 unspecified atom stereocenters. The first-order valence-corrected chi connectivity index (χ1v) is 6.50. The molecule has 0 saturated heterocycles. The number of hydrogen-bond donors (Lipinski definition) is 2. The summed E-state index contributed by atoms with van der Waals surface area (Å²) >= 11 is 1.19. The molecule has 0 fully saturated rings. The molecule has 0 aromatic heterocycles. The summed E-state index contributed by atoms with van der Waals surface area (Å²) in [6.45, 7) is 8.36. The third kappa shape index (κ3) is 6.71. The van der Waals surface area contributed by atoms with E-state index in [9.17, 15) is 9.59 Å². The minimum Gasteiger partial charge on any atom is -0.480 e. The summed E-state index contributed by atoms with van der Waals surface area (Å²) in [5.41, 5.74) is 0. The number of aliphatic carboxylic acids is 1. The maximum absolute atomic E-state index is 11.4. The van der Waals surface area contributed by atoms with Crippen LogP contribution in [0.5, 0.6) is 0 Å². The van der Waals surface area contributed by atoms with E-state index in [-0.39, 0.29) is 17.6 Å². The molecule has 4 nitrogen and oxygen atoms in total. The SMILES string of the molecule is CC(C)CNC(=O)CSC(C(=O)O)C(C)C. The van der Waals surface area contributed by atoms with E-state index < -0.39 is 11.2 Å². The third-order valence-corrected chi connectivity index (χ3v) is 3.48. The second-order valence-electron chi connectivity index (χ2n) is 4.51. The Labute approximate surface area is 101 Å². The van der Waals surface area contributed by atoms with Crippen LogP contribution in [-0.4, -0.2) is 34.5 Å². The van der Waals surface area contributed by atoms with Crippen LogP contribution in [0.4, 0.5) is 0 Å². The Morgan fingerprint density at radius 2 is 1.81 bits per heavy atom. The van der Waals surface area contributed by atoms with Gasteiger partial charge in [0, 0.05) is 6.54 Å². The summed E-state index contributed by atoms with van der Waals surface area (Å²) < 4.78 is 0. The first kappa shape index (κ1) is 15.3. The van der Waals surface area contributed by atoms with Crippen molar-refractivity contribution in [1.82, 2.24) is 5.32 Å². The fraction of sp³-hybridized carbons (Fsp3) is 0.818. The van der Waals surface area contributed by atoms with E-state index >= 15 is 0 Å². The lowest BCUT2D eigenvalue weighted by Crippen LogP contribution is -2.31. The average Bonchev–Trinajstić information content (AvgIpc) is 2.13. The Morgan fingerprint density at radius 3 is 2.19 bits per heavy atom. The third-order valence-electron chi connectivity index (χ3n) is 1.95. The van der Waals surface area contributed by atoms with Gasteiger partial charge < -0.3 is 10.4 Å². The molecule has 5 heteroatoms. The van der Waals surface area contributed by atoms with Gasteiger partial charge in [0.1, 0.15) is 5.25 Å². The Balaban J connectivity index is 3.93. The Bertz CT molecular complexity index is 241. The molecule has 0 spiro atoms. The molecule has 16 heavy (non-hydrogen) atoms. The Kier molecular flexibility index (Phi) is 7.21. The molecular formula is C11H21NO3S. The predicted octanol–water partition coefficient (Wildman–Crippen LogP) is 1.60. The second-order valence-corrected chi connectivity index (χ2v) is 5.64. The van der Waals surface area contributed by atoms with Crippen LogP contribution < -0.4 is 5.32 Å². The lowest BCUT2D eigenvalue weighted by Gasteiger charge is -2.15. The van der Waals surface area contributed by atoms with Crippen molar-refractivity contribution < 1.29 is 14.7 Å². The highest BCUT2D eigenvalue weighted by Crippen LogP contribution is 2.19. The lowest BCUT2D eigenvalue weighted by atomic mass is 10.1. The van der Waals surface area contributed by atoms with E-state index in [1.807, 2.05) is 27.7 Å². The zero-order chi connectivity index (χ0) is 12.7. The quantitative estimate of drug-likeness (QED) is 0.717. The van der Waals surface area contributed by atoms with Gasteiger partial charge in [-0.15, -0.1) is 11.8 Å². The number of amides is 1. The fourth-order valence-electron chi connectivity index (χ4n) is 1.08. The average molecular weight is 247 g/mol. The molecule has 0 aliphatic rings. The molecule has 0 aliphatic carbocycles. The summed E-state index contributed by atoms with van der Waals surface area (Å²) in [6.07, 6.45) is 0. The van der Waals surface area contributed by atoms with Gasteiger partial charge in [-0.3, -0.25) is 9.59 Å². The number of nitrogens with one attached hydrogen (secondary N) is 1. The van der Waals surface area contributed by atoms with Crippen LogP contribution in [0, 0.1) is 11.8 Å². The molecule has 0 radical (unpaired) electrons. The minimum atomic E-state index is -0.850. The number of carbonyl (C=O) groups excluding carboxylic acids is 1. The maximum Gasteiger partial charge on any atom is 0.316 e. The van der Waals surface area contributed by atoms with Crippen molar-refractivity contribution in [3.8, 4) is 0 Å². The molecule has 0 aromatic rings. The van der Waals surface area contributed by atoms with Crippen molar-refractivity contribution in [1.29, 1.82) is 0 Å². The molecular weight excluding hydrogens is 226 g/mol. The molecule has 2 N–H and O–H groups in total. The normalized spacial score (nSPS) is 12.9. The second kappa shape index (κ2) is 7.54. The Morgan fingerprint density at radius 1 is 1.25 bits per heavy atom. The van der Waals surface area contributed by atoms with Crippen molar-refractivity contribution in [2.24, 2.45) is 11.8 Å². The fourth-order valence-corrected chi connectivity index (χ4v) is 2.04. The zero-order valence-corrected chi connectivity index (χ0v) is 11.1. The number of rotatable bonds is 7. The first-order chi connectivity index (χ1) is 7.34. The van der Waals surface area contributed by atoms with Crippen molar-refractivity contribution in [3.63, 3.8) is 0 Å². The molecule has 0 aliphatic heterocycles. The highest BCUT2D eigenvalue weighted by Gasteiger charge is 2.22. The van der Waals surface area contributed by atoms with Crippen LogP contribution in [0.15, 0.2) is 0 Å². The molecule has 94 valence electrons. The molecule has 1 amide bonds. The van der Waals surface area contributed by atoms with Gasteiger partial charge in [-0.1, -0.05) is 27.7 Å². The summed E-state index contributed by atoms with van der Waals surface area (Å²) in [4.78, 5) is 22.2. The van der Waals surface area contributed by atoms with Crippen molar-refractivity contribution in [3.05, 3.63) is 0 Å². The molecule has 0 rings (SSSR count). The van der Waals surface area contributed by atoms with Gasteiger partial charge in [-0.2, -0.15) is 0 Å². The Hall–Kier alpha value is -0.710. The molecule has 1 atom stereocenters. The van der Waals surface area contributed by atoms with Gasteiger partial charge in [0.2, 0.25) is 5.91 Å².